The molecule has 0 aliphatic rings. The number of aliphatic carboxylic acids is 1. The topological polar surface area (TPSA) is 49.3 Å². The Labute approximate surface area is 100 Å². The largest absolute Gasteiger partial charge is 0.480 e. The number of alkyl halides is 3. The van der Waals surface area contributed by atoms with Crippen molar-refractivity contribution in [1.29, 1.82) is 0 Å². The molecular weight excluding hydrogens is 254 g/mol. The number of carboxylic acids is 1. The molecule has 0 aliphatic carbocycles. The molecule has 1 unspecified atom stereocenters. The molecule has 0 heterocycles. The van der Waals surface area contributed by atoms with E-state index in [0.29, 0.717) is 0 Å². The molecule has 18 heavy (non-hydrogen) atoms. The van der Waals surface area contributed by atoms with Crippen molar-refractivity contribution in [2.45, 2.75) is 25.2 Å². The molecule has 1 aromatic rings. The van der Waals surface area contributed by atoms with Gasteiger partial charge in [-0.3, -0.25) is 10.1 Å². The van der Waals surface area contributed by atoms with Crippen LogP contribution in [0.3, 0.4) is 0 Å². The Morgan fingerprint density at radius 3 is 2.17 bits per heavy atom. The van der Waals surface area contributed by atoms with Crippen LogP contribution in [0.2, 0.25) is 0 Å². The van der Waals surface area contributed by atoms with Crippen LogP contribution in [0.15, 0.2) is 24.3 Å². The molecule has 0 radical (unpaired) electrons. The number of carboxylic acid groups (broad SMARTS) is 1. The predicted octanol–water partition coefficient (Wildman–Crippen LogP) is 2.49. The first-order chi connectivity index (χ1) is 8.21. The first-order valence-electron chi connectivity index (χ1n) is 5.03. The van der Waals surface area contributed by atoms with Gasteiger partial charge in [0.15, 0.2) is 0 Å². The third-order valence-corrected chi connectivity index (χ3v) is 2.32. The van der Waals surface area contributed by atoms with Crippen LogP contribution in [0.25, 0.3) is 0 Å². The predicted molar refractivity (Wildman–Crippen MR) is 55.4 cm³/mol. The van der Waals surface area contributed by atoms with Gasteiger partial charge in [-0.25, -0.2) is 4.39 Å². The summed E-state index contributed by atoms with van der Waals surface area (Å²) in [5, 5.41) is 10.5. The standard InChI is InChI=1S/C11H11F4NO2/c1-6(10(17)18)16-9(11(13,14)15)7-2-4-8(12)5-3-7/h2-6,9,16H,1H3,(H,17,18)/t6?,9-/m0/s1. The lowest BCUT2D eigenvalue weighted by Gasteiger charge is -2.24. The van der Waals surface area contributed by atoms with Gasteiger partial charge in [-0.15, -0.1) is 0 Å². The van der Waals surface area contributed by atoms with Crippen LogP contribution in [-0.2, 0) is 4.79 Å². The number of hydrogen-bond acceptors (Lipinski definition) is 2. The SMILES string of the molecule is CC(N[C@@H](c1ccc(F)cc1)C(F)(F)F)C(=O)O. The number of benzene rings is 1. The van der Waals surface area contributed by atoms with E-state index in [-0.39, 0.29) is 5.56 Å². The molecule has 2 N–H and O–H groups in total. The molecule has 0 aliphatic heterocycles. The lowest BCUT2D eigenvalue weighted by molar-refractivity contribution is -0.162. The van der Waals surface area contributed by atoms with Gasteiger partial charge in [-0.2, -0.15) is 13.2 Å². The van der Waals surface area contributed by atoms with Gasteiger partial charge < -0.3 is 5.11 Å². The molecule has 0 fully saturated rings. The minimum Gasteiger partial charge on any atom is -0.480 e. The van der Waals surface area contributed by atoms with Gasteiger partial charge in [-0.1, -0.05) is 12.1 Å². The molecule has 0 amide bonds. The minimum absolute atomic E-state index is 0.239. The lowest BCUT2D eigenvalue weighted by atomic mass is 10.1. The van der Waals surface area contributed by atoms with E-state index in [1.807, 2.05) is 5.32 Å². The summed E-state index contributed by atoms with van der Waals surface area (Å²) >= 11 is 0. The highest BCUT2D eigenvalue weighted by Gasteiger charge is 2.42. The highest BCUT2D eigenvalue weighted by Crippen LogP contribution is 2.33. The van der Waals surface area contributed by atoms with Gasteiger partial charge in [0.25, 0.3) is 0 Å². The second-order valence-electron chi connectivity index (χ2n) is 3.75. The third-order valence-electron chi connectivity index (χ3n) is 2.32. The first kappa shape index (κ1) is 14.4. The maximum atomic E-state index is 12.8. The maximum Gasteiger partial charge on any atom is 0.407 e. The molecule has 0 bridgehead atoms. The normalized spacial score (nSPS) is 15.2. The van der Waals surface area contributed by atoms with E-state index in [1.54, 1.807) is 0 Å². The Kier molecular flexibility index (Phi) is 4.28. The van der Waals surface area contributed by atoms with E-state index < -0.39 is 30.0 Å². The van der Waals surface area contributed by atoms with E-state index in [2.05, 4.69) is 0 Å². The molecule has 2 atom stereocenters. The number of hydrogen-bond donors (Lipinski definition) is 2. The van der Waals surface area contributed by atoms with Gasteiger partial charge in [0.1, 0.15) is 17.9 Å². The van der Waals surface area contributed by atoms with E-state index in [4.69, 9.17) is 5.11 Å². The second kappa shape index (κ2) is 5.34. The van der Waals surface area contributed by atoms with Crippen molar-refractivity contribution in [3.8, 4) is 0 Å². The summed E-state index contributed by atoms with van der Waals surface area (Å²) < 4.78 is 51.0. The Morgan fingerprint density at radius 1 is 1.28 bits per heavy atom. The first-order valence-corrected chi connectivity index (χ1v) is 5.03. The van der Waals surface area contributed by atoms with Crippen molar-refractivity contribution in [2.24, 2.45) is 0 Å². The molecule has 1 aromatic carbocycles. The van der Waals surface area contributed by atoms with E-state index >= 15 is 0 Å². The van der Waals surface area contributed by atoms with Crippen molar-refractivity contribution < 1.29 is 27.5 Å². The number of rotatable bonds is 4. The fourth-order valence-corrected chi connectivity index (χ4v) is 1.36. The Balaban J connectivity index is 2.99. The molecule has 0 saturated carbocycles. The minimum atomic E-state index is -4.67. The molecule has 0 spiro atoms. The van der Waals surface area contributed by atoms with Crippen LogP contribution in [0.5, 0.6) is 0 Å². The molecular formula is C11H11F4NO2. The van der Waals surface area contributed by atoms with E-state index in [0.717, 1.165) is 31.2 Å². The third kappa shape index (κ3) is 3.69. The summed E-state index contributed by atoms with van der Waals surface area (Å²) in [6, 6.07) is 0.192. The number of carbonyl (C=O) groups is 1. The molecule has 1 rings (SSSR count). The summed E-state index contributed by atoms with van der Waals surface area (Å²) in [6.07, 6.45) is -4.67. The zero-order valence-electron chi connectivity index (χ0n) is 9.33. The van der Waals surface area contributed by atoms with Crippen molar-refractivity contribution in [1.82, 2.24) is 5.32 Å². The summed E-state index contributed by atoms with van der Waals surface area (Å²) in [5.74, 6) is -2.06. The molecule has 7 heteroatoms. The highest BCUT2D eigenvalue weighted by molar-refractivity contribution is 5.72. The summed E-state index contributed by atoms with van der Waals surface area (Å²) in [4.78, 5) is 10.6. The van der Waals surface area contributed by atoms with Crippen LogP contribution in [-0.4, -0.2) is 23.3 Å². The van der Waals surface area contributed by atoms with E-state index in [9.17, 15) is 22.4 Å². The fourth-order valence-electron chi connectivity index (χ4n) is 1.36. The van der Waals surface area contributed by atoms with Crippen LogP contribution in [0.1, 0.15) is 18.5 Å². The van der Waals surface area contributed by atoms with Gasteiger partial charge in [0, 0.05) is 0 Å². The summed E-state index contributed by atoms with van der Waals surface area (Å²) in [7, 11) is 0. The molecule has 0 saturated heterocycles. The van der Waals surface area contributed by atoms with Crippen molar-refractivity contribution in [3.05, 3.63) is 35.6 Å². The maximum absolute atomic E-state index is 12.8. The second-order valence-corrected chi connectivity index (χ2v) is 3.75. The Bertz CT molecular complexity index is 416. The average Bonchev–Trinajstić information content (AvgIpc) is 2.25. The van der Waals surface area contributed by atoms with Crippen LogP contribution in [0, 0.1) is 5.82 Å². The van der Waals surface area contributed by atoms with Gasteiger partial charge in [0.05, 0.1) is 0 Å². The van der Waals surface area contributed by atoms with Crippen LogP contribution >= 0.6 is 0 Å². The zero-order chi connectivity index (χ0) is 13.9. The van der Waals surface area contributed by atoms with Gasteiger partial charge in [-0.05, 0) is 24.6 Å². The Morgan fingerprint density at radius 2 is 1.78 bits per heavy atom. The van der Waals surface area contributed by atoms with Crippen LogP contribution < -0.4 is 5.32 Å². The molecule has 0 aromatic heterocycles. The van der Waals surface area contributed by atoms with Gasteiger partial charge in [0.2, 0.25) is 0 Å². The Hall–Kier alpha value is -1.63. The van der Waals surface area contributed by atoms with Crippen molar-refractivity contribution in [2.75, 3.05) is 0 Å². The fraction of sp³-hybridized carbons (Fsp3) is 0.364. The summed E-state index contributed by atoms with van der Waals surface area (Å²) in [5.41, 5.74) is -0.239. The quantitative estimate of drug-likeness (QED) is 0.822. The van der Waals surface area contributed by atoms with Crippen molar-refractivity contribution >= 4 is 5.97 Å². The van der Waals surface area contributed by atoms with Gasteiger partial charge >= 0.3 is 12.1 Å². The average molecular weight is 265 g/mol. The monoisotopic (exact) mass is 265 g/mol. The van der Waals surface area contributed by atoms with E-state index in [1.165, 1.54) is 0 Å². The highest BCUT2D eigenvalue weighted by atomic mass is 19.4. The number of halogens is 4. The van der Waals surface area contributed by atoms with Crippen LogP contribution in [0.4, 0.5) is 17.6 Å². The summed E-state index contributed by atoms with van der Waals surface area (Å²) in [6.45, 7) is 1.10. The number of nitrogens with one attached hydrogen (secondary N) is 1. The zero-order valence-corrected chi connectivity index (χ0v) is 9.33. The smallest absolute Gasteiger partial charge is 0.407 e. The molecule has 3 nitrogen and oxygen atoms in total. The van der Waals surface area contributed by atoms with Crippen molar-refractivity contribution in [3.63, 3.8) is 0 Å². The molecule has 100 valence electrons. The lowest BCUT2D eigenvalue weighted by Crippen LogP contribution is -2.43.